The van der Waals surface area contributed by atoms with Crippen LogP contribution in [-0.2, 0) is 11.2 Å². The lowest BCUT2D eigenvalue weighted by Gasteiger charge is -2.35. The summed E-state index contributed by atoms with van der Waals surface area (Å²) < 4.78 is 0. The number of hydrogen-bond acceptors (Lipinski definition) is 2. The van der Waals surface area contributed by atoms with Crippen molar-refractivity contribution in [2.75, 3.05) is 0 Å². The Hall–Kier alpha value is -5.54. The normalized spacial score (nSPS) is 20.7. The van der Waals surface area contributed by atoms with Gasteiger partial charge in [-0.2, -0.15) is 0 Å². The van der Waals surface area contributed by atoms with Gasteiger partial charge in [-0.3, -0.25) is 0 Å². The Morgan fingerprint density at radius 2 is 0.562 bits per heavy atom. The number of fused-ring (bicyclic) bond motifs is 12. The van der Waals surface area contributed by atoms with Crippen LogP contribution in [0.2, 0.25) is 0 Å². The molecule has 2 N–H and O–H groups in total. The van der Waals surface area contributed by atoms with Crippen LogP contribution in [0.3, 0.4) is 0 Å². The zero-order chi connectivity index (χ0) is 31.8. The molecule has 2 heteroatoms. The van der Waals surface area contributed by atoms with Gasteiger partial charge in [0.1, 0.15) is 11.2 Å². The van der Waals surface area contributed by atoms with E-state index in [1.54, 1.807) is 0 Å². The third-order valence-corrected chi connectivity index (χ3v) is 11.7. The molecule has 0 fully saturated rings. The van der Waals surface area contributed by atoms with Gasteiger partial charge in [0.15, 0.2) is 0 Å². The molecule has 7 aromatic rings. The van der Waals surface area contributed by atoms with Gasteiger partial charge in [0.25, 0.3) is 0 Å². The maximum Gasteiger partial charge on any atom is 0.127 e. The lowest BCUT2D eigenvalue weighted by molar-refractivity contribution is 0.0661. The van der Waals surface area contributed by atoms with Crippen LogP contribution in [0.5, 0.6) is 0 Å². The van der Waals surface area contributed by atoms with E-state index in [1.165, 1.54) is 22.3 Å². The van der Waals surface area contributed by atoms with Gasteiger partial charge in [-0.25, -0.2) is 0 Å². The van der Waals surface area contributed by atoms with Crippen molar-refractivity contribution in [3.05, 3.63) is 202 Å². The minimum Gasteiger partial charge on any atom is -0.379 e. The Bertz CT molecular complexity index is 2260. The number of benzene rings is 7. The van der Waals surface area contributed by atoms with Gasteiger partial charge in [0, 0.05) is 11.8 Å². The summed E-state index contributed by atoms with van der Waals surface area (Å²) in [4.78, 5) is 0. The molecule has 2 unspecified atom stereocenters. The van der Waals surface area contributed by atoms with Gasteiger partial charge in [-0.05, 0) is 101 Å². The molecule has 7 aromatic carbocycles. The van der Waals surface area contributed by atoms with E-state index < -0.39 is 11.2 Å². The van der Waals surface area contributed by atoms with Gasteiger partial charge in [0.05, 0.1) is 0 Å². The minimum absolute atomic E-state index is 0.283. The average molecular weight is 615 g/mol. The predicted octanol–water partition coefficient (Wildman–Crippen LogP) is 9.74. The van der Waals surface area contributed by atoms with E-state index in [-0.39, 0.29) is 11.8 Å². The van der Waals surface area contributed by atoms with Crippen molar-refractivity contribution >= 4 is 0 Å². The number of rotatable bonds is 2. The first-order valence-electron chi connectivity index (χ1n) is 16.8. The van der Waals surface area contributed by atoms with E-state index in [2.05, 4.69) is 146 Å². The van der Waals surface area contributed by atoms with Gasteiger partial charge in [-0.1, -0.05) is 146 Å². The monoisotopic (exact) mass is 614 g/mol. The summed E-state index contributed by atoms with van der Waals surface area (Å²) in [6.45, 7) is 0. The third kappa shape index (κ3) is 3.02. The van der Waals surface area contributed by atoms with E-state index in [4.69, 9.17) is 0 Å². The highest BCUT2D eigenvalue weighted by Gasteiger charge is 2.56. The molecule has 2 atom stereocenters. The second-order valence-corrected chi connectivity index (χ2v) is 13.8. The molecule has 0 amide bonds. The molecule has 0 saturated heterocycles. The summed E-state index contributed by atoms with van der Waals surface area (Å²) in [5.41, 5.74) is 14.3. The molecule has 4 aliphatic carbocycles. The standard InChI is InChI=1S/C46H30O2/c47-45(43-33-19-5-1-13-27(33)28-14-2-6-20-34(28)43)39-23-11-9-17-31(39)37-26-42-38(25-41(37)45)32-18-10-12-24-40(32)46(42,48)44-35-21-7-3-15-29(35)30-16-4-8-22-36(30)44/h1-26,43-44,47-48H. The van der Waals surface area contributed by atoms with Crippen molar-refractivity contribution in [3.63, 3.8) is 0 Å². The summed E-state index contributed by atoms with van der Waals surface area (Å²) >= 11 is 0. The topological polar surface area (TPSA) is 40.5 Å². The van der Waals surface area contributed by atoms with E-state index in [9.17, 15) is 10.2 Å². The molecule has 0 saturated carbocycles. The van der Waals surface area contributed by atoms with Crippen LogP contribution in [-0.4, -0.2) is 10.2 Å². The summed E-state index contributed by atoms with van der Waals surface area (Å²) in [5, 5.41) is 27.0. The largest absolute Gasteiger partial charge is 0.379 e. The molecule has 4 aliphatic rings. The van der Waals surface area contributed by atoms with Crippen molar-refractivity contribution in [1.82, 2.24) is 0 Å². The Labute approximate surface area is 279 Å². The maximum absolute atomic E-state index is 13.5. The molecule has 0 aromatic heterocycles. The number of aliphatic hydroxyl groups is 2. The van der Waals surface area contributed by atoms with E-state index in [0.717, 1.165) is 66.8 Å². The zero-order valence-electron chi connectivity index (χ0n) is 26.1. The van der Waals surface area contributed by atoms with E-state index in [1.807, 2.05) is 12.1 Å². The van der Waals surface area contributed by atoms with Crippen LogP contribution < -0.4 is 0 Å². The van der Waals surface area contributed by atoms with E-state index in [0.29, 0.717) is 0 Å². The number of hydrogen-bond donors (Lipinski definition) is 2. The molecule has 226 valence electrons. The highest BCUT2D eigenvalue weighted by molar-refractivity contribution is 5.92. The molecule has 0 spiro atoms. The maximum atomic E-state index is 13.5. The van der Waals surface area contributed by atoms with Crippen LogP contribution in [0.4, 0.5) is 0 Å². The molecule has 0 bridgehead atoms. The van der Waals surface area contributed by atoms with Crippen molar-refractivity contribution < 1.29 is 10.2 Å². The smallest absolute Gasteiger partial charge is 0.127 e. The van der Waals surface area contributed by atoms with Gasteiger partial charge >= 0.3 is 0 Å². The Balaban J connectivity index is 1.21. The summed E-state index contributed by atoms with van der Waals surface area (Å²) in [7, 11) is 0. The van der Waals surface area contributed by atoms with Crippen molar-refractivity contribution in [3.8, 4) is 44.5 Å². The Morgan fingerprint density at radius 3 is 0.896 bits per heavy atom. The molecular formula is C46H30O2. The fraction of sp³-hybridized carbons (Fsp3) is 0.0870. The van der Waals surface area contributed by atoms with Gasteiger partial charge in [0.2, 0.25) is 0 Å². The van der Waals surface area contributed by atoms with Crippen molar-refractivity contribution in [1.29, 1.82) is 0 Å². The van der Waals surface area contributed by atoms with Crippen molar-refractivity contribution in [2.45, 2.75) is 23.0 Å². The molecular weight excluding hydrogens is 585 g/mol. The Kier molecular flexibility index (Phi) is 5.02. The molecule has 48 heavy (non-hydrogen) atoms. The first-order chi connectivity index (χ1) is 23.6. The lowest BCUT2D eigenvalue weighted by atomic mass is 9.72. The SMILES string of the molecule is OC1(C2c3ccccc3-c3ccccc32)c2ccccc2-c2cc3c(cc21)-c1ccccc1C3(O)C1c2ccccc2-c2ccccc21. The summed E-state index contributed by atoms with van der Waals surface area (Å²) in [6, 6.07) is 55.1. The lowest BCUT2D eigenvalue weighted by Crippen LogP contribution is -2.34. The quantitative estimate of drug-likeness (QED) is 0.204. The zero-order valence-corrected chi connectivity index (χ0v) is 26.1. The first kappa shape index (κ1) is 26.5. The minimum atomic E-state index is -1.31. The average Bonchev–Trinajstić information content (AvgIpc) is 3.82. The molecule has 0 radical (unpaired) electrons. The predicted molar refractivity (Wildman–Crippen MR) is 191 cm³/mol. The highest BCUT2D eigenvalue weighted by Crippen LogP contribution is 2.65. The van der Waals surface area contributed by atoms with Crippen LogP contribution >= 0.6 is 0 Å². The molecule has 0 aliphatic heterocycles. The summed E-state index contributed by atoms with van der Waals surface area (Å²) in [6.07, 6.45) is 0. The summed E-state index contributed by atoms with van der Waals surface area (Å²) in [5.74, 6) is -0.566. The molecule has 0 heterocycles. The fourth-order valence-corrected chi connectivity index (χ4v) is 9.90. The second-order valence-electron chi connectivity index (χ2n) is 13.8. The van der Waals surface area contributed by atoms with Gasteiger partial charge in [-0.15, -0.1) is 0 Å². The fourth-order valence-electron chi connectivity index (χ4n) is 9.90. The molecule has 11 rings (SSSR count). The Morgan fingerprint density at radius 1 is 0.292 bits per heavy atom. The first-order valence-corrected chi connectivity index (χ1v) is 16.8. The van der Waals surface area contributed by atoms with Crippen LogP contribution in [0.25, 0.3) is 44.5 Å². The van der Waals surface area contributed by atoms with Crippen LogP contribution in [0.15, 0.2) is 158 Å². The second kappa shape index (κ2) is 9.08. The van der Waals surface area contributed by atoms with Gasteiger partial charge < -0.3 is 10.2 Å². The van der Waals surface area contributed by atoms with Crippen LogP contribution in [0, 0.1) is 0 Å². The van der Waals surface area contributed by atoms with E-state index >= 15 is 0 Å². The van der Waals surface area contributed by atoms with Crippen molar-refractivity contribution in [2.24, 2.45) is 0 Å². The highest BCUT2D eigenvalue weighted by atomic mass is 16.3. The van der Waals surface area contributed by atoms with Crippen LogP contribution in [0.1, 0.15) is 56.3 Å². The third-order valence-electron chi connectivity index (χ3n) is 11.7. The molecule has 2 nitrogen and oxygen atoms in total.